The van der Waals surface area contributed by atoms with Crippen molar-refractivity contribution < 1.29 is 9.53 Å². The van der Waals surface area contributed by atoms with Crippen molar-refractivity contribution in [2.45, 2.75) is 25.8 Å². The van der Waals surface area contributed by atoms with E-state index in [0.717, 1.165) is 5.69 Å². The van der Waals surface area contributed by atoms with E-state index in [1.54, 1.807) is 19.4 Å². The summed E-state index contributed by atoms with van der Waals surface area (Å²) in [5.74, 6) is 0.193. The molecule has 0 aliphatic carbocycles. The van der Waals surface area contributed by atoms with Crippen LogP contribution >= 0.6 is 0 Å². The summed E-state index contributed by atoms with van der Waals surface area (Å²) >= 11 is 0. The smallest absolute Gasteiger partial charge is 0.219 e. The number of ether oxygens (including phenoxy) is 1. The van der Waals surface area contributed by atoms with Crippen LogP contribution in [0.15, 0.2) is 18.3 Å². The molecule has 1 amide bonds. The molecular formula is C11H17N3O2. The van der Waals surface area contributed by atoms with Crippen LogP contribution in [0.1, 0.15) is 20.3 Å². The number of nitrogens with one attached hydrogen (secondary N) is 1. The van der Waals surface area contributed by atoms with Crippen LogP contribution in [0.5, 0.6) is 5.88 Å². The molecule has 1 rings (SSSR count). The van der Waals surface area contributed by atoms with Crippen molar-refractivity contribution >= 4 is 11.6 Å². The summed E-state index contributed by atoms with van der Waals surface area (Å²) in [5.41, 5.74) is 5.63. The van der Waals surface area contributed by atoms with Gasteiger partial charge in [-0.3, -0.25) is 4.79 Å². The molecule has 1 aromatic rings. The number of hydrogen-bond acceptors (Lipinski definition) is 4. The number of amides is 1. The van der Waals surface area contributed by atoms with Crippen LogP contribution in [0.25, 0.3) is 0 Å². The average Bonchev–Trinajstić information content (AvgIpc) is 2.15. The van der Waals surface area contributed by atoms with Gasteiger partial charge in [-0.05, 0) is 19.9 Å². The summed E-state index contributed by atoms with van der Waals surface area (Å²) in [5, 5.41) is 3.20. The lowest BCUT2D eigenvalue weighted by molar-refractivity contribution is -0.118. The SMILES string of the molecule is COc1cc(NC(C)(C)CC(N)=O)ccn1. The highest BCUT2D eigenvalue weighted by Gasteiger charge is 2.20. The van der Waals surface area contributed by atoms with E-state index in [1.807, 2.05) is 19.9 Å². The van der Waals surface area contributed by atoms with Crippen LogP contribution in [0.4, 0.5) is 5.69 Å². The van der Waals surface area contributed by atoms with Crippen molar-refractivity contribution in [2.75, 3.05) is 12.4 Å². The van der Waals surface area contributed by atoms with E-state index in [9.17, 15) is 4.79 Å². The van der Waals surface area contributed by atoms with Gasteiger partial charge in [0.1, 0.15) is 0 Å². The highest BCUT2D eigenvalue weighted by molar-refractivity contribution is 5.75. The zero-order chi connectivity index (χ0) is 12.2. The first-order valence-corrected chi connectivity index (χ1v) is 4.99. The summed E-state index contributed by atoms with van der Waals surface area (Å²) in [6.45, 7) is 3.81. The van der Waals surface area contributed by atoms with Gasteiger partial charge in [-0.15, -0.1) is 0 Å². The largest absolute Gasteiger partial charge is 0.481 e. The first-order valence-electron chi connectivity index (χ1n) is 4.99. The Kier molecular flexibility index (Phi) is 3.71. The molecule has 0 saturated carbocycles. The maximum atomic E-state index is 10.9. The van der Waals surface area contributed by atoms with Gasteiger partial charge in [-0.1, -0.05) is 0 Å². The summed E-state index contributed by atoms with van der Waals surface area (Å²) in [6.07, 6.45) is 1.90. The van der Waals surface area contributed by atoms with E-state index >= 15 is 0 Å². The van der Waals surface area contributed by atoms with E-state index in [0.29, 0.717) is 5.88 Å². The van der Waals surface area contributed by atoms with Gasteiger partial charge >= 0.3 is 0 Å². The standard InChI is InChI=1S/C11H17N3O2/c1-11(2,7-9(12)15)14-8-4-5-13-10(6-8)16-3/h4-6H,7H2,1-3H3,(H2,12,15)(H,13,14). The molecule has 0 radical (unpaired) electrons. The fourth-order valence-corrected chi connectivity index (χ4v) is 1.47. The molecule has 0 fully saturated rings. The van der Waals surface area contributed by atoms with Gasteiger partial charge in [-0.25, -0.2) is 4.98 Å². The third-order valence-corrected chi connectivity index (χ3v) is 2.04. The Morgan fingerprint density at radius 2 is 2.31 bits per heavy atom. The Labute approximate surface area is 95.0 Å². The van der Waals surface area contributed by atoms with Gasteiger partial charge < -0.3 is 15.8 Å². The van der Waals surface area contributed by atoms with Gasteiger partial charge in [-0.2, -0.15) is 0 Å². The zero-order valence-electron chi connectivity index (χ0n) is 9.78. The van der Waals surface area contributed by atoms with Crippen LogP contribution in [-0.4, -0.2) is 23.5 Å². The maximum Gasteiger partial charge on any atom is 0.219 e. The maximum absolute atomic E-state index is 10.9. The molecule has 1 heterocycles. The predicted octanol–water partition coefficient (Wildman–Crippen LogP) is 1.16. The summed E-state index contributed by atoms with van der Waals surface area (Å²) in [7, 11) is 1.56. The van der Waals surface area contributed by atoms with Crippen molar-refractivity contribution in [1.82, 2.24) is 4.98 Å². The van der Waals surface area contributed by atoms with Crippen LogP contribution in [0, 0.1) is 0 Å². The zero-order valence-corrected chi connectivity index (χ0v) is 9.78. The van der Waals surface area contributed by atoms with E-state index in [1.165, 1.54) is 0 Å². The fraction of sp³-hybridized carbons (Fsp3) is 0.455. The number of pyridine rings is 1. The second kappa shape index (κ2) is 4.83. The molecule has 88 valence electrons. The van der Waals surface area contributed by atoms with Gasteiger partial charge in [0.05, 0.1) is 7.11 Å². The average molecular weight is 223 g/mol. The Morgan fingerprint density at radius 1 is 1.62 bits per heavy atom. The second-order valence-corrected chi connectivity index (χ2v) is 4.24. The van der Waals surface area contributed by atoms with Gasteiger partial charge in [0.15, 0.2) is 0 Å². The van der Waals surface area contributed by atoms with Crippen molar-refractivity contribution in [2.24, 2.45) is 5.73 Å². The van der Waals surface area contributed by atoms with E-state index in [-0.39, 0.29) is 12.3 Å². The third-order valence-electron chi connectivity index (χ3n) is 2.04. The first kappa shape index (κ1) is 12.3. The molecule has 16 heavy (non-hydrogen) atoms. The highest BCUT2D eigenvalue weighted by atomic mass is 16.5. The summed E-state index contributed by atoms with van der Waals surface area (Å²) in [4.78, 5) is 14.9. The van der Waals surface area contributed by atoms with E-state index < -0.39 is 5.54 Å². The lowest BCUT2D eigenvalue weighted by Gasteiger charge is -2.26. The molecule has 0 aliphatic rings. The molecule has 0 spiro atoms. The Bertz CT molecular complexity index is 377. The predicted molar refractivity (Wildman–Crippen MR) is 62.3 cm³/mol. The third kappa shape index (κ3) is 3.76. The Morgan fingerprint density at radius 3 is 2.88 bits per heavy atom. The van der Waals surface area contributed by atoms with Crippen LogP contribution < -0.4 is 15.8 Å². The number of carbonyl (C=O) groups is 1. The number of anilines is 1. The molecule has 3 N–H and O–H groups in total. The van der Waals surface area contributed by atoms with Gasteiger partial charge in [0, 0.05) is 29.9 Å². The van der Waals surface area contributed by atoms with Crippen LogP contribution in [-0.2, 0) is 4.79 Å². The number of aromatic nitrogens is 1. The molecular weight excluding hydrogens is 206 g/mol. The van der Waals surface area contributed by atoms with Gasteiger partial charge in [0.25, 0.3) is 0 Å². The number of rotatable bonds is 5. The molecule has 5 nitrogen and oxygen atoms in total. The molecule has 0 unspecified atom stereocenters. The molecule has 0 aromatic carbocycles. The van der Waals surface area contributed by atoms with Crippen LogP contribution in [0.2, 0.25) is 0 Å². The molecule has 0 aliphatic heterocycles. The van der Waals surface area contributed by atoms with E-state index in [2.05, 4.69) is 10.3 Å². The summed E-state index contributed by atoms with van der Waals surface area (Å²) in [6, 6.07) is 3.58. The topological polar surface area (TPSA) is 77.2 Å². The second-order valence-electron chi connectivity index (χ2n) is 4.24. The van der Waals surface area contributed by atoms with Crippen LogP contribution in [0.3, 0.4) is 0 Å². The normalized spacial score (nSPS) is 10.9. The molecule has 0 saturated heterocycles. The molecule has 5 heteroatoms. The van der Waals surface area contributed by atoms with Crippen molar-refractivity contribution in [3.63, 3.8) is 0 Å². The van der Waals surface area contributed by atoms with Crippen molar-refractivity contribution in [3.05, 3.63) is 18.3 Å². The van der Waals surface area contributed by atoms with Gasteiger partial charge in [0.2, 0.25) is 11.8 Å². The lowest BCUT2D eigenvalue weighted by atomic mass is 10.00. The number of nitrogens with two attached hydrogens (primary N) is 1. The van der Waals surface area contributed by atoms with E-state index in [4.69, 9.17) is 10.5 Å². The Hall–Kier alpha value is -1.78. The highest BCUT2D eigenvalue weighted by Crippen LogP contribution is 2.20. The molecule has 0 atom stereocenters. The number of hydrogen-bond donors (Lipinski definition) is 2. The molecule has 1 aromatic heterocycles. The van der Waals surface area contributed by atoms with Crippen molar-refractivity contribution in [1.29, 1.82) is 0 Å². The molecule has 0 bridgehead atoms. The number of methoxy groups -OCH3 is 1. The fourth-order valence-electron chi connectivity index (χ4n) is 1.47. The number of carbonyl (C=O) groups excluding carboxylic acids is 1. The summed E-state index contributed by atoms with van der Waals surface area (Å²) < 4.78 is 5.01. The number of primary amides is 1. The minimum atomic E-state index is -0.391. The minimum Gasteiger partial charge on any atom is -0.481 e. The van der Waals surface area contributed by atoms with Crippen molar-refractivity contribution in [3.8, 4) is 5.88 Å². The number of nitrogens with zero attached hydrogens (tertiary/aromatic N) is 1. The monoisotopic (exact) mass is 223 g/mol. The lowest BCUT2D eigenvalue weighted by Crippen LogP contribution is -2.35. The minimum absolute atomic E-state index is 0.262. The quantitative estimate of drug-likeness (QED) is 0.785. The first-order chi connectivity index (χ1) is 7.43. The Balaban J connectivity index is 2.75.